The minimum absolute atomic E-state index is 0.0226. The van der Waals surface area contributed by atoms with Gasteiger partial charge in [0.15, 0.2) is 0 Å². The Bertz CT molecular complexity index is 872. The Morgan fingerprint density at radius 3 is 1.00 bits per heavy atom. The summed E-state index contributed by atoms with van der Waals surface area (Å²) in [7, 11) is 0. The quantitative estimate of drug-likeness (QED) is 0.116. The largest absolute Gasteiger partial charge is 0.491 e. The Morgan fingerprint density at radius 1 is 0.333 bits per heavy atom. The van der Waals surface area contributed by atoms with Crippen molar-refractivity contribution in [2.75, 3.05) is 132 Å². The van der Waals surface area contributed by atoms with Crippen molar-refractivity contribution in [1.29, 1.82) is 0 Å². The topological polar surface area (TPSA) is 122 Å². The number of aliphatic hydroxyl groups is 1. The summed E-state index contributed by atoms with van der Waals surface area (Å²) in [5.41, 5.74) is 1.16. The van der Waals surface area contributed by atoms with Crippen LogP contribution >= 0.6 is 0 Å². The SMILES string of the molecule is OCCOCCOCCOCCOCCOc1ccc(OCCOCCOCCOCCOCCOCc2ccccc2)cc1. The van der Waals surface area contributed by atoms with Gasteiger partial charge in [0.25, 0.3) is 0 Å². The van der Waals surface area contributed by atoms with Crippen LogP contribution in [0.15, 0.2) is 54.6 Å². The first-order valence-corrected chi connectivity index (χ1v) is 15.6. The van der Waals surface area contributed by atoms with Gasteiger partial charge in [0.1, 0.15) is 24.7 Å². The number of rotatable bonds is 33. The van der Waals surface area contributed by atoms with Crippen LogP contribution in [-0.2, 0) is 49.2 Å². The van der Waals surface area contributed by atoms with E-state index in [4.69, 9.17) is 57.2 Å². The molecule has 0 unspecified atom stereocenters. The highest BCUT2D eigenvalue weighted by Crippen LogP contribution is 2.17. The van der Waals surface area contributed by atoms with Crippen molar-refractivity contribution >= 4 is 0 Å². The van der Waals surface area contributed by atoms with Crippen LogP contribution in [0.1, 0.15) is 5.56 Å². The highest BCUT2D eigenvalue weighted by Gasteiger charge is 1.99. The fourth-order valence-corrected chi connectivity index (χ4v) is 3.54. The first-order valence-electron chi connectivity index (χ1n) is 15.6. The standard InChI is InChI=1S/C33H52O12/c34-10-11-35-12-13-36-14-15-38-20-22-41-26-28-44-32-6-8-33(9-7-32)45-29-27-42-23-21-39-17-16-37-18-19-40-24-25-43-30-31-4-2-1-3-5-31/h1-9,34H,10-30H2. The molecule has 12 heteroatoms. The van der Waals surface area contributed by atoms with E-state index < -0.39 is 0 Å². The summed E-state index contributed by atoms with van der Waals surface area (Å²) < 4.78 is 60.4. The van der Waals surface area contributed by atoms with Gasteiger partial charge in [0.05, 0.1) is 126 Å². The van der Waals surface area contributed by atoms with Crippen LogP contribution in [0, 0.1) is 0 Å². The number of hydrogen-bond donors (Lipinski definition) is 1. The minimum atomic E-state index is 0.0226. The predicted molar refractivity (Wildman–Crippen MR) is 167 cm³/mol. The molecule has 0 bridgehead atoms. The molecular formula is C33H52O12. The first-order chi connectivity index (χ1) is 22.4. The summed E-state index contributed by atoms with van der Waals surface area (Å²) in [6, 6.07) is 17.5. The molecule has 0 aliphatic carbocycles. The summed E-state index contributed by atoms with van der Waals surface area (Å²) >= 11 is 0. The van der Waals surface area contributed by atoms with Crippen molar-refractivity contribution in [3.05, 3.63) is 60.2 Å². The maximum absolute atomic E-state index is 8.60. The van der Waals surface area contributed by atoms with Crippen molar-refractivity contribution in [2.45, 2.75) is 6.61 Å². The van der Waals surface area contributed by atoms with Crippen LogP contribution in [0.4, 0.5) is 0 Å². The molecule has 0 heterocycles. The number of benzene rings is 2. The molecule has 0 aliphatic heterocycles. The highest BCUT2D eigenvalue weighted by molar-refractivity contribution is 5.31. The zero-order chi connectivity index (χ0) is 31.7. The van der Waals surface area contributed by atoms with Gasteiger partial charge >= 0.3 is 0 Å². The number of aliphatic hydroxyl groups excluding tert-OH is 1. The van der Waals surface area contributed by atoms with E-state index in [9.17, 15) is 0 Å². The molecule has 0 radical (unpaired) electrons. The number of hydrogen-bond acceptors (Lipinski definition) is 12. The van der Waals surface area contributed by atoms with Crippen molar-refractivity contribution in [3.8, 4) is 11.5 Å². The molecule has 2 aromatic rings. The molecule has 2 aromatic carbocycles. The molecule has 0 aromatic heterocycles. The Balaban J connectivity index is 1.26. The van der Waals surface area contributed by atoms with Gasteiger partial charge in [-0.2, -0.15) is 0 Å². The zero-order valence-electron chi connectivity index (χ0n) is 26.5. The lowest BCUT2D eigenvalue weighted by molar-refractivity contribution is -0.0139. The Morgan fingerprint density at radius 2 is 0.644 bits per heavy atom. The highest BCUT2D eigenvalue weighted by atomic mass is 16.6. The third-order valence-corrected chi connectivity index (χ3v) is 5.77. The fraction of sp³-hybridized carbons (Fsp3) is 0.636. The van der Waals surface area contributed by atoms with E-state index in [2.05, 4.69) is 0 Å². The Kier molecular flexibility index (Phi) is 26.1. The second kappa shape index (κ2) is 30.3. The summed E-state index contributed by atoms with van der Waals surface area (Å²) in [4.78, 5) is 0. The molecule has 256 valence electrons. The molecular weight excluding hydrogens is 588 g/mol. The normalized spacial score (nSPS) is 11.2. The third kappa shape index (κ3) is 24.5. The molecule has 0 fully saturated rings. The minimum Gasteiger partial charge on any atom is -0.491 e. The third-order valence-electron chi connectivity index (χ3n) is 5.77. The average Bonchev–Trinajstić information content (AvgIpc) is 3.07. The smallest absolute Gasteiger partial charge is 0.119 e. The maximum Gasteiger partial charge on any atom is 0.119 e. The van der Waals surface area contributed by atoms with E-state index in [1.165, 1.54) is 0 Å². The van der Waals surface area contributed by atoms with Gasteiger partial charge in [-0.1, -0.05) is 30.3 Å². The van der Waals surface area contributed by atoms with Crippen LogP contribution in [0.3, 0.4) is 0 Å². The van der Waals surface area contributed by atoms with Gasteiger partial charge in [-0.3, -0.25) is 0 Å². The van der Waals surface area contributed by atoms with Crippen LogP contribution in [0.2, 0.25) is 0 Å². The van der Waals surface area contributed by atoms with E-state index in [1.54, 1.807) is 0 Å². The van der Waals surface area contributed by atoms with Gasteiger partial charge in [0, 0.05) is 0 Å². The van der Waals surface area contributed by atoms with E-state index in [0.717, 1.165) is 17.1 Å². The molecule has 0 saturated carbocycles. The van der Waals surface area contributed by atoms with E-state index >= 15 is 0 Å². The summed E-state index contributed by atoms with van der Waals surface area (Å²) in [6.07, 6.45) is 0. The van der Waals surface area contributed by atoms with Crippen LogP contribution < -0.4 is 9.47 Å². The molecule has 0 amide bonds. The predicted octanol–water partition coefficient (Wildman–Crippen LogP) is 2.79. The second-order valence-electron chi connectivity index (χ2n) is 9.33. The molecule has 0 spiro atoms. The van der Waals surface area contributed by atoms with Crippen LogP contribution in [0.25, 0.3) is 0 Å². The Hall–Kier alpha value is -2.36. The molecule has 2 rings (SSSR count). The van der Waals surface area contributed by atoms with Crippen molar-refractivity contribution in [3.63, 3.8) is 0 Å². The Labute approximate surface area is 267 Å². The van der Waals surface area contributed by atoms with Gasteiger partial charge in [-0.25, -0.2) is 0 Å². The van der Waals surface area contributed by atoms with E-state index in [0.29, 0.717) is 132 Å². The van der Waals surface area contributed by atoms with E-state index in [-0.39, 0.29) is 6.61 Å². The molecule has 0 aliphatic rings. The van der Waals surface area contributed by atoms with Crippen LogP contribution in [-0.4, -0.2) is 137 Å². The lowest BCUT2D eigenvalue weighted by Crippen LogP contribution is -2.14. The lowest BCUT2D eigenvalue weighted by Gasteiger charge is -2.10. The van der Waals surface area contributed by atoms with Gasteiger partial charge in [-0.05, 0) is 29.8 Å². The van der Waals surface area contributed by atoms with Gasteiger partial charge in [-0.15, -0.1) is 0 Å². The van der Waals surface area contributed by atoms with Crippen LogP contribution in [0.5, 0.6) is 11.5 Å². The summed E-state index contributed by atoms with van der Waals surface area (Å²) in [5.74, 6) is 1.49. The molecule has 0 atom stereocenters. The maximum atomic E-state index is 8.60. The van der Waals surface area contributed by atoms with Crippen molar-refractivity contribution in [1.82, 2.24) is 0 Å². The van der Waals surface area contributed by atoms with Gasteiger partial charge < -0.3 is 57.2 Å². The molecule has 12 nitrogen and oxygen atoms in total. The molecule has 1 N–H and O–H groups in total. The zero-order valence-corrected chi connectivity index (χ0v) is 26.5. The van der Waals surface area contributed by atoms with E-state index in [1.807, 2.05) is 54.6 Å². The lowest BCUT2D eigenvalue weighted by atomic mass is 10.2. The molecule has 45 heavy (non-hydrogen) atoms. The second-order valence-corrected chi connectivity index (χ2v) is 9.33. The molecule has 0 saturated heterocycles. The summed E-state index contributed by atoms with van der Waals surface area (Å²) in [6.45, 7) is 9.88. The monoisotopic (exact) mass is 640 g/mol. The average molecular weight is 641 g/mol. The first kappa shape index (κ1) is 38.8. The fourth-order valence-electron chi connectivity index (χ4n) is 3.54. The van der Waals surface area contributed by atoms with Crippen molar-refractivity contribution < 1.29 is 57.2 Å². The summed E-state index contributed by atoms with van der Waals surface area (Å²) in [5, 5.41) is 8.60. The number of ether oxygens (including phenoxy) is 11. The van der Waals surface area contributed by atoms with Crippen molar-refractivity contribution in [2.24, 2.45) is 0 Å². The van der Waals surface area contributed by atoms with Gasteiger partial charge in [0.2, 0.25) is 0 Å².